The van der Waals surface area contributed by atoms with E-state index in [0.29, 0.717) is 19.3 Å². The Labute approximate surface area is 338 Å². The smallest absolute Gasteiger partial charge is 0.462 e. The van der Waals surface area contributed by atoms with Crippen molar-refractivity contribution in [2.24, 2.45) is 0 Å². The first-order chi connectivity index (χ1) is 27.1. The Morgan fingerprint density at radius 1 is 0.589 bits per heavy atom. The fourth-order valence-electron chi connectivity index (χ4n) is 5.27. The van der Waals surface area contributed by atoms with Crippen molar-refractivity contribution in [1.82, 2.24) is 0 Å². The highest BCUT2D eigenvalue weighted by Crippen LogP contribution is 2.43. The molecule has 0 aliphatic rings. The average Bonchev–Trinajstić information content (AvgIpc) is 3.18. The van der Waals surface area contributed by atoms with Gasteiger partial charge in [0.25, 0.3) is 0 Å². The maximum atomic E-state index is 12.6. The van der Waals surface area contributed by atoms with Crippen molar-refractivity contribution < 1.29 is 52.6 Å². The van der Waals surface area contributed by atoms with Gasteiger partial charge in [0.15, 0.2) is 11.9 Å². The van der Waals surface area contributed by atoms with E-state index in [-0.39, 0.29) is 25.2 Å². The SMILES string of the molecule is CCCCC/C=C\C=C\C(=O)CCCCCCCC(=O)OC[C@H](COP(=O)(O)OC[C@@H](O)CO)OC(=O)CCCCCC/C=C\C/C=C\C/C=C\CCCCC. The van der Waals surface area contributed by atoms with Crippen LogP contribution in [0.3, 0.4) is 0 Å². The lowest BCUT2D eigenvalue weighted by Crippen LogP contribution is -2.29. The highest BCUT2D eigenvalue weighted by atomic mass is 31.2. The number of esters is 2. The molecule has 3 N–H and O–H groups in total. The molecule has 56 heavy (non-hydrogen) atoms. The van der Waals surface area contributed by atoms with Gasteiger partial charge < -0.3 is 24.6 Å². The molecule has 0 saturated carbocycles. The summed E-state index contributed by atoms with van der Waals surface area (Å²) >= 11 is 0. The van der Waals surface area contributed by atoms with Gasteiger partial charge in [-0.15, -0.1) is 0 Å². The third-order valence-corrected chi connectivity index (χ3v) is 9.57. The molecule has 0 amide bonds. The molecule has 0 bridgehead atoms. The molecule has 11 nitrogen and oxygen atoms in total. The van der Waals surface area contributed by atoms with Gasteiger partial charge >= 0.3 is 19.8 Å². The predicted octanol–water partition coefficient (Wildman–Crippen LogP) is 10.3. The molecule has 12 heteroatoms. The van der Waals surface area contributed by atoms with Crippen LogP contribution in [0.2, 0.25) is 0 Å². The van der Waals surface area contributed by atoms with Crippen LogP contribution in [0.5, 0.6) is 0 Å². The van der Waals surface area contributed by atoms with E-state index in [1.807, 2.05) is 6.08 Å². The minimum atomic E-state index is -4.65. The highest BCUT2D eigenvalue weighted by Gasteiger charge is 2.27. The van der Waals surface area contributed by atoms with E-state index < -0.39 is 51.8 Å². The van der Waals surface area contributed by atoms with E-state index in [9.17, 15) is 28.9 Å². The van der Waals surface area contributed by atoms with Gasteiger partial charge in [-0.3, -0.25) is 23.4 Å². The van der Waals surface area contributed by atoms with E-state index >= 15 is 0 Å². The molecule has 0 radical (unpaired) electrons. The summed E-state index contributed by atoms with van der Waals surface area (Å²) in [7, 11) is -4.65. The number of hydrogen-bond acceptors (Lipinski definition) is 10. The number of phosphoric acid groups is 1. The van der Waals surface area contributed by atoms with Gasteiger partial charge in [0.2, 0.25) is 0 Å². The summed E-state index contributed by atoms with van der Waals surface area (Å²) in [6.45, 7) is 2.12. The van der Waals surface area contributed by atoms with Crippen molar-refractivity contribution in [3.63, 3.8) is 0 Å². The molecular formula is C44H75O11P. The van der Waals surface area contributed by atoms with Crippen LogP contribution in [0.25, 0.3) is 0 Å². The number of rotatable bonds is 39. The maximum Gasteiger partial charge on any atom is 0.472 e. The van der Waals surface area contributed by atoms with Crippen molar-refractivity contribution in [2.45, 2.75) is 174 Å². The maximum absolute atomic E-state index is 12.6. The lowest BCUT2D eigenvalue weighted by molar-refractivity contribution is -0.161. The lowest BCUT2D eigenvalue weighted by Gasteiger charge is -2.20. The largest absolute Gasteiger partial charge is 0.472 e. The molecule has 0 saturated heterocycles. The quantitative estimate of drug-likeness (QED) is 0.0135. The number of hydrogen-bond donors (Lipinski definition) is 3. The molecule has 0 aromatic rings. The third kappa shape index (κ3) is 38.2. The van der Waals surface area contributed by atoms with Crippen LogP contribution in [0.4, 0.5) is 0 Å². The number of unbranched alkanes of at least 4 members (excludes halogenated alkanes) is 14. The minimum absolute atomic E-state index is 0.104. The fourth-order valence-corrected chi connectivity index (χ4v) is 6.06. The summed E-state index contributed by atoms with van der Waals surface area (Å²) in [5, 5.41) is 18.3. The van der Waals surface area contributed by atoms with Gasteiger partial charge in [-0.1, -0.05) is 126 Å². The van der Waals surface area contributed by atoms with Crippen LogP contribution >= 0.6 is 7.82 Å². The molecular weight excluding hydrogens is 735 g/mol. The van der Waals surface area contributed by atoms with Gasteiger partial charge in [0, 0.05) is 19.3 Å². The second-order valence-corrected chi connectivity index (χ2v) is 15.5. The van der Waals surface area contributed by atoms with Gasteiger partial charge in [-0.2, -0.15) is 0 Å². The molecule has 1 unspecified atom stereocenters. The Bertz CT molecular complexity index is 1180. The summed E-state index contributed by atoms with van der Waals surface area (Å²) < 4.78 is 32.6. The Morgan fingerprint density at radius 2 is 1.09 bits per heavy atom. The Kier molecular flexibility index (Phi) is 37.3. The number of ether oxygens (including phenoxy) is 2. The van der Waals surface area contributed by atoms with Crippen LogP contribution < -0.4 is 0 Å². The Hall–Kier alpha value is -2.66. The molecule has 0 heterocycles. The van der Waals surface area contributed by atoms with Crippen molar-refractivity contribution in [3.8, 4) is 0 Å². The summed E-state index contributed by atoms with van der Waals surface area (Å²) in [6.07, 6.45) is 38.6. The van der Waals surface area contributed by atoms with Gasteiger partial charge in [0.1, 0.15) is 12.7 Å². The summed E-state index contributed by atoms with van der Waals surface area (Å²) in [6, 6.07) is 0. The molecule has 0 fully saturated rings. The monoisotopic (exact) mass is 811 g/mol. The normalized spacial score (nSPS) is 14.4. The van der Waals surface area contributed by atoms with Crippen molar-refractivity contribution in [1.29, 1.82) is 0 Å². The average molecular weight is 811 g/mol. The number of aliphatic hydroxyl groups is 2. The Morgan fingerprint density at radius 3 is 1.70 bits per heavy atom. The Balaban J connectivity index is 4.45. The molecule has 0 aliphatic carbocycles. The van der Waals surface area contributed by atoms with Crippen LogP contribution in [0, 0.1) is 0 Å². The molecule has 322 valence electrons. The minimum Gasteiger partial charge on any atom is -0.462 e. The zero-order valence-corrected chi connectivity index (χ0v) is 35.5. The van der Waals surface area contributed by atoms with Crippen molar-refractivity contribution in [2.75, 3.05) is 26.4 Å². The topological polar surface area (TPSA) is 166 Å². The van der Waals surface area contributed by atoms with E-state index in [0.717, 1.165) is 77.0 Å². The zero-order chi connectivity index (χ0) is 41.4. The predicted molar refractivity (Wildman–Crippen MR) is 224 cm³/mol. The number of carbonyl (C=O) groups is 3. The van der Waals surface area contributed by atoms with E-state index in [1.54, 1.807) is 12.2 Å². The van der Waals surface area contributed by atoms with Crippen LogP contribution in [0.1, 0.15) is 162 Å². The van der Waals surface area contributed by atoms with Crippen LogP contribution in [0.15, 0.2) is 60.8 Å². The fraction of sp³-hybridized carbons (Fsp3) is 0.705. The second kappa shape index (κ2) is 39.2. The standard InChI is InChI=1S/C44H75O11P/c1-3-5-7-9-11-12-13-14-15-16-17-18-19-20-22-26-31-35-44(49)55-42(39-54-56(50,51)53-37-41(47)36-45)38-52-43(48)34-30-27-23-25-29-33-40(46)32-28-24-21-10-8-6-4-2/h11-12,14-15,17-18,21,24,28,32,41-42,45,47H,3-10,13,16,19-20,22-23,25-27,29-31,33-39H2,1-2H3,(H,50,51)/b12-11-,15-14-,18-17-,24-21-,32-28+/t41-,42+/m0/s1. The van der Waals surface area contributed by atoms with E-state index in [2.05, 4.69) is 60.9 Å². The molecule has 0 aliphatic heterocycles. The summed E-state index contributed by atoms with van der Waals surface area (Å²) in [5.74, 6) is -0.944. The van der Waals surface area contributed by atoms with Gasteiger partial charge in [0.05, 0.1) is 19.8 Å². The number of ketones is 1. The van der Waals surface area contributed by atoms with Crippen molar-refractivity contribution >= 4 is 25.5 Å². The second-order valence-electron chi connectivity index (χ2n) is 14.0. The summed E-state index contributed by atoms with van der Waals surface area (Å²) in [4.78, 5) is 47.0. The van der Waals surface area contributed by atoms with Crippen LogP contribution in [-0.2, 0) is 37.5 Å². The first-order valence-corrected chi connectivity index (χ1v) is 22.7. The van der Waals surface area contributed by atoms with E-state index in [4.69, 9.17) is 19.1 Å². The van der Waals surface area contributed by atoms with Gasteiger partial charge in [-0.25, -0.2) is 4.57 Å². The number of aliphatic hydroxyl groups excluding tert-OH is 2. The van der Waals surface area contributed by atoms with Crippen LogP contribution in [-0.4, -0.2) is 71.5 Å². The molecule has 0 rings (SSSR count). The summed E-state index contributed by atoms with van der Waals surface area (Å²) in [5.41, 5.74) is 0. The zero-order valence-electron chi connectivity index (χ0n) is 34.6. The molecule has 0 aromatic heterocycles. The number of allylic oxidation sites excluding steroid dienone is 10. The first kappa shape index (κ1) is 53.3. The number of carbonyl (C=O) groups excluding carboxylic acids is 3. The lowest BCUT2D eigenvalue weighted by atomic mass is 10.1. The first-order valence-electron chi connectivity index (χ1n) is 21.2. The molecule has 0 aromatic carbocycles. The number of phosphoric ester groups is 1. The highest BCUT2D eigenvalue weighted by molar-refractivity contribution is 7.47. The molecule has 0 spiro atoms. The van der Waals surface area contributed by atoms with Gasteiger partial charge in [-0.05, 0) is 76.7 Å². The molecule has 3 atom stereocenters. The van der Waals surface area contributed by atoms with Crippen molar-refractivity contribution in [3.05, 3.63) is 60.8 Å². The van der Waals surface area contributed by atoms with E-state index in [1.165, 1.54) is 38.5 Å². The third-order valence-electron chi connectivity index (χ3n) is 8.62.